The molecule has 0 heterocycles. The minimum atomic E-state index is -0.896. The van der Waals surface area contributed by atoms with Crippen LogP contribution in [-0.2, 0) is 27.1 Å². The summed E-state index contributed by atoms with van der Waals surface area (Å²) in [7, 11) is 0. The summed E-state index contributed by atoms with van der Waals surface area (Å²) in [6.07, 6.45) is 3.09. The van der Waals surface area contributed by atoms with Gasteiger partial charge in [-0.25, -0.2) is 9.59 Å². The number of amides is 1. The first kappa shape index (κ1) is 25.6. The Morgan fingerprint density at radius 2 is 1.74 bits per heavy atom. The third kappa shape index (κ3) is 8.08. The summed E-state index contributed by atoms with van der Waals surface area (Å²) in [4.78, 5) is 25.3. The van der Waals surface area contributed by atoms with E-state index in [2.05, 4.69) is 37.4 Å². The number of carbonyl (C=O) groups is 2. The van der Waals surface area contributed by atoms with Gasteiger partial charge in [-0.15, -0.1) is 0 Å². The first-order valence-corrected chi connectivity index (χ1v) is 12.1. The van der Waals surface area contributed by atoms with Crippen LogP contribution in [0.3, 0.4) is 0 Å². The fraction of sp³-hybridized carbons (Fsp3) is 0.500. The largest absolute Gasteiger partial charge is 0.457 e. The average molecular weight is 468 g/mol. The van der Waals surface area contributed by atoms with Crippen molar-refractivity contribution in [3.63, 3.8) is 0 Å². The Bertz CT molecular complexity index is 961. The smallest absolute Gasteiger partial charge is 0.408 e. The van der Waals surface area contributed by atoms with Crippen LogP contribution in [0.4, 0.5) is 4.79 Å². The van der Waals surface area contributed by atoms with E-state index in [0.29, 0.717) is 5.92 Å². The van der Waals surface area contributed by atoms with Crippen molar-refractivity contribution in [2.45, 2.75) is 77.9 Å². The van der Waals surface area contributed by atoms with Gasteiger partial charge in [-0.05, 0) is 68.6 Å². The maximum Gasteiger partial charge on any atom is 0.408 e. The predicted octanol–water partition coefficient (Wildman–Crippen LogP) is 5.78. The molecule has 1 N–H and O–H groups in total. The molecule has 1 aliphatic rings. The zero-order chi connectivity index (χ0) is 24.7. The lowest BCUT2D eigenvalue weighted by atomic mass is 9.97. The normalized spacial score (nSPS) is 14.4. The van der Waals surface area contributed by atoms with E-state index >= 15 is 0 Å². The van der Waals surface area contributed by atoms with Crippen LogP contribution in [0.1, 0.15) is 70.1 Å². The van der Waals surface area contributed by atoms with Crippen LogP contribution < -0.4 is 10.1 Å². The standard InChI is InChI=1S/C28H37NO5/c1-19(2)23-13-9-12-22(16-21-14-15-21)25(23)32-18-33-26(30)24(17-20-10-7-6-8-11-20)29-27(31)34-28(3,4)5/h6-13,19,21,24H,14-18H2,1-5H3,(H,29,31). The van der Waals surface area contributed by atoms with Crippen LogP contribution in [-0.4, -0.2) is 30.5 Å². The van der Waals surface area contributed by atoms with Crippen molar-refractivity contribution in [3.05, 3.63) is 65.2 Å². The Labute approximate surface area is 203 Å². The topological polar surface area (TPSA) is 73.9 Å². The molecule has 34 heavy (non-hydrogen) atoms. The molecule has 1 atom stereocenters. The molecule has 1 amide bonds. The molecule has 2 aromatic carbocycles. The molecular weight excluding hydrogens is 430 g/mol. The second kappa shape index (κ2) is 11.4. The summed E-state index contributed by atoms with van der Waals surface area (Å²) in [5, 5.41) is 2.65. The molecule has 184 valence electrons. The number of alkyl carbamates (subject to hydrolysis) is 1. The lowest BCUT2D eigenvalue weighted by Gasteiger charge is -2.23. The molecule has 1 fully saturated rings. The summed E-state index contributed by atoms with van der Waals surface area (Å²) in [5.74, 6) is 1.22. The van der Waals surface area contributed by atoms with Crippen molar-refractivity contribution in [2.75, 3.05) is 6.79 Å². The number of benzene rings is 2. The van der Waals surface area contributed by atoms with Crippen LogP contribution in [0.2, 0.25) is 0 Å². The third-order valence-corrected chi connectivity index (χ3v) is 5.62. The van der Waals surface area contributed by atoms with Crippen molar-refractivity contribution in [1.29, 1.82) is 0 Å². The molecule has 3 rings (SSSR count). The van der Waals surface area contributed by atoms with Gasteiger partial charge in [-0.2, -0.15) is 0 Å². The third-order valence-electron chi connectivity index (χ3n) is 5.62. The maximum atomic E-state index is 13.0. The lowest BCUT2D eigenvalue weighted by Crippen LogP contribution is -2.45. The van der Waals surface area contributed by atoms with Gasteiger partial charge in [0.05, 0.1) is 0 Å². The highest BCUT2D eigenvalue weighted by Gasteiger charge is 2.27. The number of nitrogens with one attached hydrogen (secondary N) is 1. The van der Waals surface area contributed by atoms with E-state index in [1.54, 1.807) is 20.8 Å². The van der Waals surface area contributed by atoms with Crippen LogP contribution in [0.15, 0.2) is 48.5 Å². The minimum Gasteiger partial charge on any atom is -0.457 e. The van der Waals surface area contributed by atoms with Crippen LogP contribution >= 0.6 is 0 Å². The second-order valence-electron chi connectivity index (χ2n) is 10.3. The molecule has 0 spiro atoms. The quantitative estimate of drug-likeness (QED) is 0.354. The zero-order valence-electron chi connectivity index (χ0n) is 20.9. The summed E-state index contributed by atoms with van der Waals surface area (Å²) in [5.41, 5.74) is 2.48. The highest BCUT2D eigenvalue weighted by molar-refractivity contribution is 5.81. The van der Waals surface area contributed by atoms with Crippen LogP contribution in [0.25, 0.3) is 0 Å². The molecule has 6 heteroatoms. The van der Waals surface area contributed by atoms with Gasteiger partial charge < -0.3 is 19.5 Å². The van der Waals surface area contributed by atoms with Crippen molar-refractivity contribution >= 4 is 12.1 Å². The second-order valence-corrected chi connectivity index (χ2v) is 10.3. The highest BCUT2D eigenvalue weighted by Crippen LogP contribution is 2.38. The van der Waals surface area contributed by atoms with E-state index in [4.69, 9.17) is 14.2 Å². The first-order valence-electron chi connectivity index (χ1n) is 12.1. The van der Waals surface area contributed by atoms with Crippen molar-refractivity contribution in [2.24, 2.45) is 5.92 Å². The Balaban J connectivity index is 1.67. The van der Waals surface area contributed by atoms with Gasteiger partial charge in [0.25, 0.3) is 0 Å². The van der Waals surface area contributed by atoms with Gasteiger partial charge in [0.1, 0.15) is 17.4 Å². The van der Waals surface area contributed by atoms with Gasteiger partial charge in [0.15, 0.2) is 0 Å². The predicted molar refractivity (Wildman–Crippen MR) is 132 cm³/mol. The fourth-order valence-corrected chi connectivity index (χ4v) is 3.77. The molecule has 2 aromatic rings. The molecule has 0 bridgehead atoms. The van der Waals surface area contributed by atoms with E-state index in [0.717, 1.165) is 28.9 Å². The Kier molecular flexibility index (Phi) is 8.59. The molecular formula is C28H37NO5. The van der Waals surface area contributed by atoms with E-state index in [9.17, 15) is 9.59 Å². The van der Waals surface area contributed by atoms with Crippen LogP contribution in [0.5, 0.6) is 5.75 Å². The van der Waals surface area contributed by atoms with Crippen molar-refractivity contribution < 1.29 is 23.8 Å². The summed E-state index contributed by atoms with van der Waals surface area (Å²) >= 11 is 0. The SMILES string of the molecule is CC(C)c1cccc(CC2CC2)c1OCOC(=O)C(Cc1ccccc1)NC(=O)OC(C)(C)C. The first-order chi connectivity index (χ1) is 16.1. The highest BCUT2D eigenvalue weighted by atomic mass is 16.7. The van der Waals surface area contributed by atoms with E-state index in [1.165, 1.54) is 12.8 Å². The molecule has 1 unspecified atom stereocenters. The number of hydrogen-bond donors (Lipinski definition) is 1. The molecule has 0 saturated heterocycles. The number of rotatable bonds is 10. The Hall–Kier alpha value is -3.02. The van der Waals surface area contributed by atoms with E-state index in [1.807, 2.05) is 30.3 Å². The Morgan fingerprint density at radius 1 is 1.03 bits per heavy atom. The molecule has 0 aromatic heterocycles. The van der Waals surface area contributed by atoms with E-state index in [-0.39, 0.29) is 19.1 Å². The van der Waals surface area contributed by atoms with Gasteiger partial charge >= 0.3 is 12.1 Å². The number of para-hydroxylation sites is 1. The molecule has 1 saturated carbocycles. The van der Waals surface area contributed by atoms with Crippen molar-refractivity contribution in [3.8, 4) is 5.75 Å². The lowest BCUT2D eigenvalue weighted by molar-refractivity contribution is -0.152. The van der Waals surface area contributed by atoms with Crippen molar-refractivity contribution in [1.82, 2.24) is 5.32 Å². The monoisotopic (exact) mass is 467 g/mol. The summed E-state index contributed by atoms with van der Waals surface area (Å²) in [6, 6.07) is 14.8. The molecule has 0 aliphatic heterocycles. The molecule has 0 radical (unpaired) electrons. The summed E-state index contributed by atoms with van der Waals surface area (Å²) in [6.45, 7) is 9.34. The van der Waals surface area contributed by atoms with Gasteiger partial charge in [-0.3, -0.25) is 0 Å². The number of esters is 1. The Morgan fingerprint density at radius 3 is 2.35 bits per heavy atom. The minimum absolute atomic E-state index is 0.221. The summed E-state index contributed by atoms with van der Waals surface area (Å²) < 4.78 is 16.9. The number of ether oxygens (including phenoxy) is 3. The van der Waals surface area contributed by atoms with Gasteiger partial charge in [0, 0.05) is 6.42 Å². The molecule has 1 aliphatic carbocycles. The molecule has 6 nitrogen and oxygen atoms in total. The number of hydrogen-bond acceptors (Lipinski definition) is 5. The van der Waals surface area contributed by atoms with Crippen LogP contribution in [0, 0.1) is 5.92 Å². The fourth-order valence-electron chi connectivity index (χ4n) is 3.77. The average Bonchev–Trinajstić information content (AvgIpc) is 3.57. The van der Waals surface area contributed by atoms with E-state index < -0.39 is 23.7 Å². The maximum absolute atomic E-state index is 13.0. The zero-order valence-corrected chi connectivity index (χ0v) is 20.9. The van der Waals surface area contributed by atoms with Gasteiger partial charge in [-0.1, -0.05) is 62.4 Å². The number of carbonyl (C=O) groups excluding carboxylic acids is 2. The van der Waals surface area contributed by atoms with Gasteiger partial charge in [0.2, 0.25) is 6.79 Å².